The zero-order valence-corrected chi connectivity index (χ0v) is 12.1. The van der Waals surface area contributed by atoms with Gasteiger partial charge in [0.25, 0.3) is 0 Å². The van der Waals surface area contributed by atoms with Crippen molar-refractivity contribution in [3.63, 3.8) is 0 Å². The fourth-order valence-corrected chi connectivity index (χ4v) is 2.22. The number of nitrogens with zero attached hydrogens (tertiary/aromatic N) is 2. The van der Waals surface area contributed by atoms with Gasteiger partial charge in [-0.2, -0.15) is 0 Å². The van der Waals surface area contributed by atoms with Crippen LogP contribution in [0.1, 0.15) is 27.2 Å². The van der Waals surface area contributed by atoms with Gasteiger partial charge in [0.15, 0.2) is 0 Å². The molecule has 2 rings (SSSR count). The second-order valence-corrected chi connectivity index (χ2v) is 6.43. The minimum absolute atomic E-state index is 0.00166. The van der Waals surface area contributed by atoms with E-state index in [0.717, 1.165) is 16.1 Å². The molecule has 5 heteroatoms. The van der Waals surface area contributed by atoms with Gasteiger partial charge < -0.3 is 5.32 Å². The van der Waals surface area contributed by atoms with Crippen LogP contribution in [0.4, 0.5) is 5.69 Å². The van der Waals surface area contributed by atoms with Gasteiger partial charge in [0, 0.05) is 12.1 Å². The molecule has 100 valence electrons. The maximum Gasteiger partial charge on any atom is 0.224 e. The Morgan fingerprint density at radius 2 is 1.95 bits per heavy atom. The fraction of sp³-hybridized carbons (Fsp3) is 0.357. The molecule has 1 aromatic heterocycles. The van der Waals surface area contributed by atoms with Crippen LogP contribution in [0.5, 0.6) is 0 Å². The summed E-state index contributed by atoms with van der Waals surface area (Å²) >= 11 is 1.36. The van der Waals surface area contributed by atoms with Crippen LogP contribution in [-0.2, 0) is 4.79 Å². The van der Waals surface area contributed by atoms with Gasteiger partial charge in [-0.1, -0.05) is 37.4 Å². The molecule has 0 spiro atoms. The molecule has 19 heavy (non-hydrogen) atoms. The molecule has 4 nitrogen and oxygen atoms in total. The highest BCUT2D eigenvalue weighted by Crippen LogP contribution is 2.24. The predicted molar refractivity (Wildman–Crippen MR) is 78.0 cm³/mol. The van der Waals surface area contributed by atoms with E-state index >= 15 is 0 Å². The van der Waals surface area contributed by atoms with Crippen molar-refractivity contribution in [3.05, 3.63) is 30.5 Å². The summed E-state index contributed by atoms with van der Waals surface area (Å²) in [4.78, 5) is 12.8. The van der Waals surface area contributed by atoms with Crippen LogP contribution < -0.4 is 5.32 Å². The summed E-state index contributed by atoms with van der Waals surface area (Å²) in [7, 11) is 0. The van der Waals surface area contributed by atoms with E-state index in [1.54, 1.807) is 6.20 Å². The molecule has 1 heterocycles. The molecule has 0 saturated carbocycles. The Kier molecular flexibility index (Phi) is 3.95. The van der Waals surface area contributed by atoms with E-state index < -0.39 is 0 Å². The van der Waals surface area contributed by atoms with Crippen LogP contribution in [-0.4, -0.2) is 15.5 Å². The number of nitrogens with one attached hydrogen (secondary N) is 1. The van der Waals surface area contributed by atoms with Crippen molar-refractivity contribution in [1.82, 2.24) is 9.59 Å². The summed E-state index contributed by atoms with van der Waals surface area (Å²) in [5, 5.41) is 6.71. The fourth-order valence-electron chi connectivity index (χ4n) is 1.70. The van der Waals surface area contributed by atoms with Crippen molar-refractivity contribution < 1.29 is 4.79 Å². The summed E-state index contributed by atoms with van der Waals surface area (Å²) < 4.78 is 3.83. The lowest BCUT2D eigenvalue weighted by molar-refractivity contribution is -0.117. The maximum absolute atomic E-state index is 11.8. The van der Waals surface area contributed by atoms with Crippen LogP contribution in [0.2, 0.25) is 0 Å². The zero-order valence-electron chi connectivity index (χ0n) is 11.3. The Morgan fingerprint density at radius 1 is 1.26 bits per heavy atom. The van der Waals surface area contributed by atoms with E-state index in [-0.39, 0.29) is 11.3 Å². The lowest BCUT2D eigenvalue weighted by Gasteiger charge is -2.17. The summed E-state index contributed by atoms with van der Waals surface area (Å²) in [5.41, 5.74) is 1.87. The number of amides is 1. The van der Waals surface area contributed by atoms with Crippen LogP contribution in [0.25, 0.3) is 10.4 Å². The molecule has 0 aliphatic heterocycles. The second kappa shape index (κ2) is 5.48. The molecule has 0 aliphatic carbocycles. The van der Waals surface area contributed by atoms with Crippen molar-refractivity contribution in [2.24, 2.45) is 5.41 Å². The van der Waals surface area contributed by atoms with Crippen molar-refractivity contribution >= 4 is 23.1 Å². The molecule has 0 radical (unpaired) electrons. The molecule has 2 aromatic rings. The highest BCUT2D eigenvalue weighted by atomic mass is 32.1. The average Bonchev–Trinajstić information content (AvgIpc) is 2.80. The van der Waals surface area contributed by atoms with Crippen LogP contribution in [0.3, 0.4) is 0 Å². The third-order valence-corrected chi connectivity index (χ3v) is 3.22. The van der Waals surface area contributed by atoms with Crippen molar-refractivity contribution in [2.45, 2.75) is 27.2 Å². The number of carbonyl (C=O) groups excluding carboxylic acids is 1. The Morgan fingerprint density at radius 3 is 2.47 bits per heavy atom. The smallest absolute Gasteiger partial charge is 0.224 e. The quantitative estimate of drug-likeness (QED) is 0.931. The third-order valence-electron chi connectivity index (χ3n) is 2.51. The average molecular weight is 275 g/mol. The number of benzene rings is 1. The minimum Gasteiger partial charge on any atom is -0.326 e. The van der Waals surface area contributed by atoms with E-state index in [1.165, 1.54) is 11.5 Å². The largest absolute Gasteiger partial charge is 0.326 e. The van der Waals surface area contributed by atoms with Crippen molar-refractivity contribution in [2.75, 3.05) is 5.32 Å². The highest BCUT2D eigenvalue weighted by Gasteiger charge is 2.15. The van der Waals surface area contributed by atoms with Crippen molar-refractivity contribution in [1.29, 1.82) is 0 Å². The second-order valence-electron chi connectivity index (χ2n) is 5.64. The van der Waals surface area contributed by atoms with Gasteiger partial charge in [-0.05, 0) is 34.6 Å². The lowest BCUT2D eigenvalue weighted by Crippen LogP contribution is -2.19. The molecule has 0 saturated heterocycles. The van der Waals surface area contributed by atoms with Gasteiger partial charge in [-0.3, -0.25) is 4.79 Å². The Labute approximate surface area is 117 Å². The summed E-state index contributed by atoms with van der Waals surface area (Å²) in [6.45, 7) is 6.14. The number of anilines is 1. The predicted octanol–water partition coefficient (Wildman–Crippen LogP) is 3.58. The molecule has 1 amide bonds. The molecule has 0 aliphatic rings. The third kappa shape index (κ3) is 4.13. The Balaban J connectivity index is 2.01. The zero-order chi connectivity index (χ0) is 13.9. The van der Waals surface area contributed by atoms with Gasteiger partial charge in [0.1, 0.15) is 0 Å². The van der Waals surface area contributed by atoms with E-state index in [4.69, 9.17) is 0 Å². The van der Waals surface area contributed by atoms with Gasteiger partial charge in [0.2, 0.25) is 5.91 Å². The van der Waals surface area contributed by atoms with Gasteiger partial charge >= 0.3 is 0 Å². The molecule has 0 fully saturated rings. The molecular formula is C14H17N3OS. The standard InChI is InChI=1S/C14H17N3OS/c1-14(2,3)8-13(18)16-11-6-4-10(5-7-11)12-9-15-17-19-12/h4-7,9H,8H2,1-3H3,(H,16,18). The van der Waals surface area contributed by atoms with Gasteiger partial charge in [-0.15, -0.1) is 5.10 Å². The SMILES string of the molecule is CC(C)(C)CC(=O)Nc1ccc(-c2cnns2)cc1. The number of aromatic nitrogens is 2. The molecular weight excluding hydrogens is 258 g/mol. The number of hydrogen-bond acceptors (Lipinski definition) is 4. The van der Waals surface area contributed by atoms with Crippen LogP contribution >= 0.6 is 11.5 Å². The maximum atomic E-state index is 11.8. The van der Waals surface area contributed by atoms with Gasteiger partial charge in [-0.25, -0.2) is 0 Å². The first kappa shape index (κ1) is 13.7. The monoisotopic (exact) mass is 275 g/mol. The number of hydrogen-bond donors (Lipinski definition) is 1. The highest BCUT2D eigenvalue weighted by molar-refractivity contribution is 7.09. The van der Waals surface area contributed by atoms with Gasteiger partial charge in [0.05, 0.1) is 11.1 Å². The number of carbonyl (C=O) groups is 1. The van der Waals surface area contributed by atoms with E-state index in [0.29, 0.717) is 6.42 Å². The van der Waals surface area contributed by atoms with E-state index in [9.17, 15) is 4.79 Å². The first-order chi connectivity index (χ1) is 8.94. The van der Waals surface area contributed by atoms with Crippen LogP contribution in [0.15, 0.2) is 30.5 Å². The lowest BCUT2D eigenvalue weighted by atomic mass is 9.92. The first-order valence-electron chi connectivity index (χ1n) is 6.12. The summed E-state index contributed by atoms with van der Waals surface area (Å²) in [6, 6.07) is 7.72. The van der Waals surface area contributed by atoms with E-state index in [1.807, 2.05) is 45.0 Å². The molecule has 0 atom stereocenters. The normalized spacial score (nSPS) is 11.3. The first-order valence-corrected chi connectivity index (χ1v) is 6.89. The van der Waals surface area contributed by atoms with Crippen LogP contribution in [0, 0.1) is 5.41 Å². The summed E-state index contributed by atoms with van der Waals surface area (Å²) in [6.07, 6.45) is 2.24. The minimum atomic E-state index is -0.00166. The molecule has 0 bridgehead atoms. The topological polar surface area (TPSA) is 54.9 Å². The Hall–Kier alpha value is -1.75. The Bertz CT molecular complexity index is 541. The molecule has 1 aromatic carbocycles. The molecule has 0 unspecified atom stereocenters. The van der Waals surface area contributed by atoms with Crippen molar-refractivity contribution in [3.8, 4) is 10.4 Å². The molecule has 1 N–H and O–H groups in total. The summed E-state index contributed by atoms with van der Waals surface area (Å²) in [5.74, 6) is 0.0414. The van der Waals surface area contributed by atoms with E-state index in [2.05, 4.69) is 14.9 Å². The number of rotatable bonds is 3.